The molecule has 0 aromatic heterocycles. The van der Waals surface area contributed by atoms with Crippen molar-refractivity contribution in [2.75, 3.05) is 12.4 Å². The van der Waals surface area contributed by atoms with E-state index in [-0.39, 0.29) is 18.6 Å². The van der Waals surface area contributed by atoms with Crippen molar-refractivity contribution >= 4 is 36.3 Å². The van der Waals surface area contributed by atoms with Gasteiger partial charge in [0.2, 0.25) is 17.7 Å². The number of primary amides is 1. The highest BCUT2D eigenvalue weighted by atomic mass is 32.1. The Hall–Kier alpha value is -1.85. The van der Waals surface area contributed by atoms with Crippen LogP contribution in [0.5, 0.6) is 0 Å². The minimum atomic E-state index is -1.34. The molecule has 3 amide bonds. The van der Waals surface area contributed by atoms with Crippen LogP contribution in [0.1, 0.15) is 12.8 Å². The van der Waals surface area contributed by atoms with Crippen LogP contribution in [-0.4, -0.2) is 64.4 Å². The summed E-state index contributed by atoms with van der Waals surface area (Å²) in [6.07, 6.45) is -0.398. The Labute approximate surface area is 132 Å². The Bertz CT molecular complexity index is 433. The summed E-state index contributed by atoms with van der Waals surface area (Å²) >= 11 is 3.89. The van der Waals surface area contributed by atoms with E-state index in [1.807, 2.05) is 0 Å². The summed E-state index contributed by atoms with van der Waals surface area (Å²) in [7, 11) is 0. The first kappa shape index (κ1) is 20.1. The van der Waals surface area contributed by atoms with Gasteiger partial charge in [0.25, 0.3) is 0 Å². The predicted molar refractivity (Wildman–Crippen MR) is 78.8 cm³/mol. The van der Waals surface area contributed by atoms with Crippen LogP contribution in [0.2, 0.25) is 0 Å². The molecular formula is C11H20N4O6S. The summed E-state index contributed by atoms with van der Waals surface area (Å²) in [6, 6.07) is -3.67. The van der Waals surface area contributed by atoms with Gasteiger partial charge in [0.05, 0.1) is 6.61 Å². The van der Waals surface area contributed by atoms with Gasteiger partial charge in [-0.1, -0.05) is 0 Å². The van der Waals surface area contributed by atoms with Gasteiger partial charge >= 0.3 is 5.97 Å². The molecule has 0 saturated carbocycles. The average molecular weight is 336 g/mol. The Morgan fingerprint density at radius 3 is 2.05 bits per heavy atom. The summed E-state index contributed by atoms with van der Waals surface area (Å²) in [5, 5.41) is 22.1. The molecule has 0 rings (SSSR count). The molecule has 0 aliphatic carbocycles. The molecule has 0 aliphatic rings. The largest absolute Gasteiger partial charge is 0.480 e. The minimum absolute atomic E-state index is 0.113. The molecule has 0 aromatic rings. The number of aliphatic hydroxyl groups is 1. The van der Waals surface area contributed by atoms with E-state index < -0.39 is 48.4 Å². The molecule has 0 spiro atoms. The van der Waals surface area contributed by atoms with E-state index in [2.05, 4.69) is 23.3 Å². The molecule has 0 unspecified atom stereocenters. The van der Waals surface area contributed by atoms with Crippen molar-refractivity contribution in [3.8, 4) is 0 Å². The number of amides is 3. The zero-order valence-corrected chi connectivity index (χ0v) is 12.6. The quantitative estimate of drug-likeness (QED) is 0.202. The average Bonchev–Trinajstić information content (AvgIpc) is 2.46. The van der Waals surface area contributed by atoms with Crippen LogP contribution >= 0.6 is 12.6 Å². The van der Waals surface area contributed by atoms with Crippen LogP contribution in [-0.2, 0) is 19.2 Å². The van der Waals surface area contributed by atoms with E-state index in [9.17, 15) is 19.2 Å². The number of thiol groups is 1. The lowest BCUT2D eigenvalue weighted by Crippen LogP contribution is -2.55. The number of carboxylic acid groups (broad SMARTS) is 1. The third-order valence-electron chi connectivity index (χ3n) is 2.64. The first-order chi connectivity index (χ1) is 10.2. The first-order valence-corrected chi connectivity index (χ1v) is 6.95. The van der Waals surface area contributed by atoms with E-state index in [1.54, 1.807) is 0 Å². The fourth-order valence-electron chi connectivity index (χ4n) is 1.37. The molecule has 0 radical (unpaired) electrons. The van der Waals surface area contributed by atoms with E-state index in [0.717, 1.165) is 0 Å². The lowest BCUT2D eigenvalue weighted by molar-refractivity contribution is -0.142. The van der Waals surface area contributed by atoms with Gasteiger partial charge in [0.1, 0.15) is 18.1 Å². The van der Waals surface area contributed by atoms with Gasteiger partial charge in [-0.2, -0.15) is 12.6 Å². The summed E-state index contributed by atoms with van der Waals surface area (Å²) < 4.78 is 0. The third-order valence-corrected chi connectivity index (χ3v) is 3.01. The molecule has 0 bridgehead atoms. The fraction of sp³-hybridized carbons (Fsp3) is 0.636. The number of aliphatic carboxylic acids is 1. The number of hydrogen-bond acceptors (Lipinski definition) is 7. The molecule has 126 valence electrons. The predicted octanol–water partition coefficient (Wildman–Crippen LogP) is -3.44. The number of carboxylic acids is 1. The van der Waals surface area contributed by atoms with Crippen molar-refractivity contribution in [3.63, 3.8) is 0 Å². The van der Waals surface area contributed by atoms with Gasteiger partial charge in [-0.3, -0.25) is 14.4 Å². The summed E-state index contributed by atoms with van der Waals surface area (Å²) in [5.41, 5.74) is 10.2. The molecule has 0 aromatic carbocycles. The maximum Gasteiger partial charge on any atom is 0.326 e. The van der Waals surface area contributed by atoms with Gasteiger partial charge in [-0.15, -0.1) is 0 Å². The highest BCUT2D eigenvalue weighted by Gasteiger charge is 2.27. The van der Waals surface area contributed by atoms with Gasteiger partial charge in [-0.25, -0.2) is 4.79 Å². The number of hydrogen-bond donors (Lipinski definition) is 7. The molecule has 0 heterocycles. The van der Waals surface area contributed by atoms with Crippen molar-refractivity contribution in [1.82, 2.24) is 10.6 Å². The molecule has 10 nitrogen and oxygen atoms in total. The fourth-order valence-corrected chi connectivity index (χ4v) is 1.63. The monoisotopic (exact) mass is 336 g/mol. The number of carbonyl (C=O) groups excluding carboxylic acids is 3. The maximum atomic E-state index is 11.9. The van der Waals surface area contributed by atoms with Crippen molar-refractivity contribution in [1.29, 1.82) is 0 Å². The number of carbonyl (C=O) groups is 4. The Morgan fingerprint density at radius 1 is 1.09 bits per heavy atom. The SMILES string of the molecule is NC(=O)CC[C@H](NC(=O)[C@H](CS)NC(=O)[C@@H](N)CO)C(=O)O. The molecule has 8 N–H and O–H groups in total. The number of nitrogens with two attached hydrogens (primary N) is 2. The minimum Gasteiger partial charge on any atom is -0.480 e. The van der Waals surface area contributed by atoms with Crippen LogP contribution in [0.4, 0.5) is 0 Å². The van der Waals surface area contributed by atoms with Crippen LogP contribution in [0.25, 0.3) is 0 Å². The second-order valence-corrected chi connectivity index (χ2v) is 4.80. The summed E-state index contributed by atoms with van der Waals surface area (Å²) in [4.78, 5) is 45.1. The third kappa shape index (κ3) is 7.24. The van der Waals surface area contributed by atoms with Gasteiger partial charge in [-0.05, 0) is 6.42 Å². The summed E-state index contributed by atoms with van der Waals surface area (Å²) in [5.74, 6) is -3.73. The molecule has 0 saturated heterocycles. The number of rotatable bonds is 10. The molecule has 11 heteroatoms. The van der Waals surface area contributed by atoms with E-state index in [4.69, 9.17) is 21.7 Å². The van der Waals surface area contributed by atoms with Gasteiger partial charge in [0, 0.05) is 12.2 Å². The maximum absolute atomic E-state index is 11.9. The molecule has 22 heavy (non-hydrogen) atoms. The van der Waals surface area contributed by atoms with E-state index in [1.165, 1.54) is 0 Å². The van der Waals surface area contributed by atoms with Crippen LogP contribution < -0.4 is 22.1 Å². The second kappa shape index (κ2) is 9.97. The standard InChI is InChI=1S/C11H20N4O6S/c12-5(3-16)9(18)15-7(4-22)10(19)14-6(11(20)21)1-2-8(13)17/h5-7,16,22H,1-4,12H2,(H2,13,17)(H,14,19)(H,15,18)(H,20,21)/t5-,6-,7-/m0/s1. The van der Waals surface area contributed by atoms with Crippen LogP contribution in [0.3, 0.4) is 0 Å². The highest BCUT2D eigenvalue weighted by molar-refractivity contribution is 7.80. The van der Waals surface area contributed by atoms with E-state index in [0.29, 0.717) is 0 Å². The first-order valence-electron chi connectivity index (χ1n) is 6.32. The van der Waals surface area contributed by atoms with Crippen molar-refractivity contribution in [3.05, 3.63) is 0 Å². The zero-order chi connectivity index (χ0) is 17.3. The van der Waals surface area contributed by atoms with Gasteiger partial charge < -0.3 is 32.3 Å². The molecular weight excluding hydrogens is 316 g/mol. The highest BCUT2D eigenvalue weighted by Crippen LogP contribution is 1.99. The topological polar surface area (TPSA) is 185 Å². The zero-order valence-electron chi connectivity index (χ0n) is 11.7. The lowest BCUT2D eigenvalue weighted by Gasteiger charge is -2.21. The normalized spacial score (nSPS) is 14.5. The van der Waals surface area contributed by atoms with Gasteiger partial charge in [0.15, 0.2) is 0 Å². The number of aliphatic hydroxyl groups excluding tert-OH is 1. The molecule has 0 fully saturated rings. The van der Waals surface area contributed by atoms with Crippen molar-refractivity contribution < 1.29 is 29.4 Å². The summed E-state index contributed by atoms with van der Waals surface area (Å²) in [6.45, 7) is -0.608. The number of nitrogens with one attached hydrogen (secondary N) is 2. The van der Waals surface area contributed by atoms with Crippen molar-refractivity contribution in [2.24, 2.45) is 11.5 Å². The Balaban J connectivity index is 4.70. The molecule has 0 aliphatic heterocycles. The van der Waals surface area contributed by atoms with Crippen LogP contribution in [0, 0.1) is 0 Å². The second-order valence-electron chi connectivity index (χ2n) is 4.44. The Morgan fingerprint density at radius 2 is 1.64 bits per heavy atom. The van der Waals surface area contributed by atoms with Crippen LogP contribution in [0.15, 0.2) is 0 Å². The lowest BCUT2D eigenvalue weighted by atomic mass is 10.1. The molecule has 3 atom stereocenters. The van der Waals surface area contributed by atoms with E-state index >= 15 is 0 Å². The smallest absolute Gasteiger partial charge is 0.326 e. The van der Waals surface area contributed by atoms with Crippen molar-refractivity contribution in [2.45, 2.75) is 31.0 Å². The Kier molecular flexibility index (Phi) is 9.13.